The van der Waals surface area contributed by atoms with Gasteiger partial charge in [0.15, 0.2) is 0 Å². The third-order valence-electron chi connectivity index (χ3n) is 3.13. The highest BCUT2D eigenvalue weighted by Crippen LogP contribution is 2.24. The molecule has 0 radical (unpaired) electrons. The molecule has 7 nitrogen and oxygen atoms in total. The fourth-order valence-corrected chi connectivity index (χ4v) is 2.29. The van der Waals surface area contributed by atoms with Crippen LogP contribution in [0.2, 0.25) is 5.02 Å². The largest absolute Gasteiger partial charge is 0.367 e. The lowest BCUT2D eigenvalue weighted by Gasteiger charge is -2.09. The summed E-state index contributed by atoms with van der Waals surface area (Å²) in [5, 5.41) is 10.6. The second kappa shape index (κ2) is 5.10. The van der Waals surface area contributed by atoms with E-state index in [-0.39, 0.29) is 17.9 Å². The molecule has 0 bridgehead atoms. The van der Waals surface area contributed by atoms with Crippen LogP contribution in [0.4, 0.5) is 5.95 Å². The first-order chi connectivity index (χ1) is 10.0. The predicted molar refractivity (Wildman–Crippen MR) is 80.0 cm³/mol. The summed E-state index contributed by atoms with van der Waals surface area (Å²) in [5.74, 6) is 0.378. The van der Waals surface area contributed by atoms with Crippen molar-refractivity contribution in [2.45, 2.75) is 13.0 Å². The highest BCUT2D eigenvalue weighted by Gasteiger charge is 2.16. The summed E-state index contributed by atoms with van der Waals surface area (Å²) in [6, 6.07) is 6.83. The number of nitrogens with two attached hydrogens (primary N) is 1. The average molecular weight is 305 g/mol. The first kappa shape index (κ1) is 13.4. The Bertz CT molecular complexity index is 808. The number of nitrogens with one attached hydrogen (secondary N) is 3. The van der Waals surface area contributed by atoms with Gasteiger partial charge in [0.25, 0.3) is 5.91 Å². The monoisotopic (exact) mass is 304 g/mol. The minimum Gasteiger partial charge on any atom is -0.367 e. The summed E-state index contributed by atoms with van der Waals surface area (Å²) in [6.07, 6.45) is 0. The number of carbonyl (C=O) groups excluding carboxylic acids is 1. The molecule has 1 amide bonds. The Hall–Kier alpha value is -2.54. The SMILES string of the molecule is CC(NC(=O)c1cc2c(Cl)cccc2[nH]1)c1nc(N)n[nH]1. The molecule has 21 heavy (non-hydrogen) atoms. The summed E-state index contributed by atoms with van der Waals surface area (Å²) in [4.78, 5) is 19.2. The number of hydrogen-bond donors (Lipinski definition) is 4. The zero-order valence-corrected chi connectivity index (χ0v) is 11.9. The van der Waals surface area contributed by atoms with Gasteiger partial charge in [0.05, 0.1) is 6.04 Å². The molecule has 1 atom stereocenters. The number of benzene rings is 1. The van der Waals surface area contributed by atoms with Crippen molar-refractivity contribution in [2.24, 2.45) is 0 Å². The summed E-state index contributed by atoms with van der Waals surface area (Å²) >= 11 is 6.09. The molecular weight excluding hydrogens is 292 g/mol. The Morgan fingerprint density at radius 2 is 2.29 bits per heavy atom. The average Bonchev–Trinajstić information content (AvgIpc) is 3.05. The van der Waals surface area contributed by atoms with Gasteiger partial charge in [0, 0.05) is 15.9 Å². The zero-order valence-electron chi connectivity index (χ0n) is 11.1. The van der Waals surface area contributed by atoms with E-state index < -0.39 is 0 Å². The first-order valence-corrected chi connectivity index (χ1v) is 6.68. The minimum absolute atomic E-state index is 0.142. The second-order valence-electron chi connectivity index (χ2n) is 4.66. The molecule has 0 fully saturated rings. The molecule has 0 aliphatic carbocycles. The van der Waals surface area contributed by atoms with Crippen LogP contribution in [0.3, 0.4) is 0 Å². The number of aromatic nitrogens is 4. The number of rotatable bonds is 3. The van der Waals surface area contributed by atoms with Crippen LogP contribution in [-0.2, 0) is 0 Å². The van der Waals surface area contributed by atoms with Crippen LogP contribution in [0.1, 0.15) is 29.3 Å². The molecule has 0 aliphatic rings. The zero-order chi connectivity index (χ0) is 15.0. The van der Waals surface area contributed by atoms with Gasteiger partial charge < -0.3 is 16.0 Å². The first-order valence-electron chi connectivity index (χ1n) is 6.30. The topological polar surface area (TPSA) is 112 Å². The molecule has 1 unspecified atom stereocenters. The van der Waals surface area contributed by atoms with Gasteiger partial charge >= 0.3 is 0 Å². The van der Waals surface area contributed by atoms with Crippen LogP contribution in [0, 0.1) is 0 Å². The number of amides is 1. The normalized spacial score (nSPS) is 12.5. The van der Waals surface area contributed by atoms with E-state index in [2.05, 4.69) is 25.5 Å². The Morgan fingerprint density at radius 3 is 2.95 bits per heavy atom. The smallest absolute Gasteiger partial charge is 0.268 e. The summed E-state index contributed by atoms with van der Waals surface area (Å²) in [6.45, 7) is 1.79. The number of anilines is 1. The molecule has 0 saturated carbocycles. The van der Waals surface area contributed by atoms with Crippen molar-refractivity contribution >= 4 is 34.4 Å². The molecule has 8 heteroatoms. The van der Waals surface area contributed by atoms with E-state index in [9.17, 15) is 4.79 Å². The maximum Gasteiger partial charge on any atom is 0.268 e. The van der Waals surface area contributed by atoms with E-state index >= 15 is 0 Å². The van der Waals surface area contributed by atoms with Crippen molar-refractivity contribution in [3.63, 3.8) is 0 Å². The van der Waals surface area contributed by atoms with Crippen molar-refractivity contribution in [2.75, 3.05) is 5.73 Å². The third-order valence-corrected chi connectivity index (χ3v) is 3.46. The summed E-state index contributed by atoms with van der Waals surface area (Å²) in [7, 11) is 0. The lowest BCUT2D eigenvalue weighted by molar-refractivity contribution is 0.0934. The Balaban J connectivity index is 1.82. The van der Waals surface area contributed by atoms with Crippen LogP contribution >= 0.6 is 11.6 Å². The van der Waals surface area contributed by atoms with Crippen molar-refractivity contribution in [3.05, 3.63) is 40.8 Å². The Morgan fingerprint density at radius 1 is 1.48 bits per heavy atom. The van der Waals surface area contributed by atoms with E-state index in [1.165, 1.54) is 0 Å². The lowest BCUT2D eigenvalue weighted by atomic mass is 10.2. The molecule has 0 aliphatic heterocycles. The molecule has 0 saturated heterocycles. The number of hydrogen-bond acceptors (Lipinski definition) is 4. The minimum atomic E-state index is -0.343. The van der Waals surface area contributed by atoms with Gasteiger partial charge in [-0.2, -0.15) is 4.98 Å². The van der Waals surface area contributed by atoms with E-state index in [4.69, 9.17) is 17.3 Å². The summed E-state index contributed by atoms with van der Waals surface area (Å²) in [5.41, 5.74) is 6.68. The number of H-pyrrole nitrogens is 2. The van der Waals surface area contributed by atoms with Crippen molar-refractivity contribution in [1.29, 1.82) is 0 Å². The number of carbonyl (C=O) groups is 1. The second-order valence-corrected chi connectivity index (χ2v) is 5.07. The van der Waals surface area contributed by atoms with E-state index in [1.54, 1.807) is 19.1 Å². The number of aromatic amines is 2. The molecule has 1 aromatic carbocycles. The third kappa shape index (κ3) is 2.55. The fraction of sp³-hybridized carbons (Fsp3) is 0.154. The molecule has 108 valence electrons. The molecular formula is C13H13ClN6O. The fourth-order valence-electron chi connectivity index (χ4n) is 2.06. The molecule has 3 rings (SSSR count). The van der Waals surface area contributed by atoms with Crippen LogP contribution in [0.15, 0.2) is 24.3 Å². The maximum absolute atomic E-state index is 12.2. The highest BCUT2D eigenvalue weighted by atomic mass is 35.5. The van der Waals surface area contributed by atoms with Crippen molar-refractivity contribution < 1.29 is 4.79 Å². The Kier molecular flexibility index (Phi) is 3.26. The van der Waals surface area contributed by atoms with Gasteiger partial charge in [-0.15, -0.1) is 5.10 Å². The molecule has 5 N–H and O–H groups in total. The number of nitrogen functional groups attached to an aromatic ring is 1. The van der Waals surface area contributed by atoms with Gasteiger partial charge in [-0.1, -0.05) is 17.7 Å². The molecule has 2 heterocycles. The number of fused-ring (bicyclic) bond motifs is 1. The van der Waals surface area contributed by atoms with Crippen LogP contribution in [0.5, 0.6) is 0 Å². The van der Waals surface area contributed by atoms with Crippen LogP contribution in [0.25, 0.3) is 10.9 Å². The van der Waals surface area contributed by atoms with Gasteiger partial charge in [-0.05, 0) is 25.1 Å². The highest BCUT2D eigenvalue weighted by molar-refractivity contribution is 6.35. The quantitative estimate of drug-likeness (QED) is 0.593. The number of nitrogens with zero attached hydrogens (tertiary/aromatic N) is 2. The van der Waals surface area contributed by atoms with Gasteiger partial charge in [-0.25, -0.2) is 0 Å². The van der Waals surface area contributed by atoms with E-state index in [0.717, 1.165) is 10.9 Å². The van der Waals surface area contributed by atoms with Crippen LogP contribution < -0.4 is 11.1 Å². The lowest BCUT2D eigenvalue weighted by Crippen LogP contribution is -2.27. The standard InChI is InChI=1S/C13H13ClN6O/c1-6(11-18-13(15)20-19-11)16-12(21)10-5-7-8(14)3-2-4-9(7)17-10/h2-6,17H,1H3,(H,16,21)(H3,15,18,19,20). The molecule has 2 aromatic heterocycles. The molecule has 0 spiro atoms. The summed E-state index contributed by atoms with van der Waals surface area (Å²) < 4.78 is 0. The van der Waals surface area contributed by atoms with E-state index in [1.807, 2.05) is 12.1 Å². The van der Waals surface area contributed by atoms with Crippen molar-refractivity contribution in [3.8, 4) is 0 Å². The predicted octanol–water partition coefficient (Wildman–Crippen LogP) is 2.01. The number of halogens is 1. The Labute approximate surface area is 124 Å². The van der Waals surface area contributed by atoms with Crippen LogP contribution in [-0.4, -0.2) is 26.1 Å². The van der Waals surface area contributed by atoms with Gasteiger partial charge in [0.2, 0.25) is 5.95 Å². The van der Waals surface area contributed by atoms with Gasteiger partial charge in [0.1, 0.15) is 11.5 Å². The maximum atomic E-state index is 12.2. The van der Waals surface area contributed by atoms with Gasteiger partial charge in [-0.3, -0.25) is 9.89 Å². The van der Waals surface area contributed by atoms with Crippen molar-refractivity contribution in [1.82, 2.24) is 25.5 Å². The molecule has 3 aromatic rings. The van der Waals surface area contributed by atoms with E-state index in [0.29, 0.717) is 16.5 Å².